The fourth-order valence-electron chi connectivity index (χ4n) is 2.93. The maximum Gasteiger partial charge on any atom is 0.410 e. The summed E-state index contributed by atoms with van der Waals surface area (Å²) in [4.78, 5) is 39.1. The number of hydrogen-bond acceptors (Lipinski definition) is 4. The highest BCUT2D eigenvalue weighted by Crippen LogP contribution is 2.31. The summed E-state index contributed by atoms with van der Waals surface area (Å²) in [6.07, 6.45) is 1.25. The van der Waals surface area contributed by atoms with Crippen molar-refractivity contribution in [3.05, 3.63) is 35.4 Å². The molecule has 1 aromatic carbocycles. The fraction of sp³-hybridized carbons (Fsp3) is 0.400. The second-order valence-electron chi connectivity index (χ2n) is 5.66. The molecule has 2 heterocycles. The van der Waals surface area contributed by atoms with Crippen LogP contribution in [0.15, 0.2) is 24.3 Å². The number of carbonyl (C=O) groups excluding carboxylic acids is 3. The molecular weight excluding hydrogens is 272 g/mol. The lowest BCUT2D eigenvalue weighted by Gasteiger charge is -2.17. The predicted molar refractivity (Wildman–Crippen MR) is 71.8 cm³/mol. The molecule has 6 heteroatoms. The maximum atomic E-state index is 12.3. The number of fused-ring (bicyclic) bond motifs is 1. The largest absolute Gasteiger partial charge is 0.442 e. The third kappa shape index (κ3) is 1.90. The van der Waals surface area contributed by atoms with Crippen LogP contribution in [0.25, 0.3) is 0 Å². The first-order chi connectivity index (χ1) is 10.1. The Morgan fingerprint density at radius 3 is 2.24 bits per heavy atom. The fourth-order valence-corrected chi connectivity index (χ4v) is 2.93. The molecule has 1 aliphatic carbocycles. The van der Waals surface area contributed by atoms with E-state index >= 15 is 0 Å². The topological polar surface area (TPSA) is 66.9 Å². The van der Waals surface area contributed by atoms with Crippen LogP contribution in [0.1, 0.15) is 33.6 Å². The van der Waals surface area contributed by atoms with Gasteiger partial charge in [0.15, 0.2) is 0 Å². The Kier molecular flexibility index (Phi) is 2.54. The maximum absolute atomic E-state index is 12.3. The Morgan fingerprint density at radius 1 is 1.05 bits per heavy atom. The molecule has 0 radical (unpaired) electrons. The molecule has 1 saturated heterocycles. The molecule has 21 heavy (non-hydrogen) atoms. The molecular formula is C15H14N2O4. The summed E-state index contributed by atoms with van der Waals surface area (Å²) in [5, 5.41) is 0. The quantitative estimate of drug-likeness (QED) is 0.785. The molecule has 1 aromatic rings. The monoisotopic (exact) mass is 286 g/mol. The van der Waals surface area contributed by atoms with Gasteiger partial charge < -0.3 is 9.64 Å². The molecule has 0 N–H and O–H groups in total. The highest BCUT2D eigenvalue weighted by atomic mass is 16.6. The minimum Gasteiger partial charge on any atom is -0.442 e. The van der Waals surface area contributed by atoms with E-state index in [0.717, 1.165) is 12.8 Å². The van der Waals surface area contributed by atoms with Gasteiger partial charge in [-0.25, -0.2) is 4.79 Å². The second kappa shape index (κ2) is 4.31. The smallest absolute Gasteiger partial charge is 0.410 e. The Labute approximate surface area is 121 Å². The highest BCUT2D eigenvalue weighted by Gasteiger charge is 2.44. The van der Waals surface area contributed by atoms with Gasteiger partial charge in [-0.15, -0.1) is 0 Å². The van der Waals surface area contributed by atoms with E-state index < -0.39 is 6.10 Å². The van der Waals surface area contributed by atoms with Crippen molar-refractivity contribution in [2.24, 2.45) is 0 Å². The number of carbonyl (C=O) groups is 3. The van der Waals surface area contributed by atoms with Gasteiger partial charge in [0.1, 0.15) is 6.10 Å². The molecule has 2 aliphatic heterocycles. The van der Waals surface area contributed by atoms with Crippen LogP contribution in [-0.4, -0.2) is 52.9 Å². The summed E-state index contributed by atoms with van der Waals surface area (Å²) >= 11 is 0. The molecule has 0 spiro atoms. The number of hydrogen-bond donors (Lipinski definition) is 0. The molecule has 3 aliphatic rings. The summed E-state index contributed by atoms with van der Waals surface area (Å²) in [5.41, 5.74) is 0.844. The summed E-state index contributed by atoms with van der Waals surface area (Å²) < 4.78 is 5.27. The van der Waals surface area contributed by atoms with Crippen molar-refractivity contribution in [3.63, 3.8) is 0 Å². The average molecular weight is 286 g/mol. The number of amides is 3. The third-order valence-corrected chi connectivity index (χ3v) is 4.15. The van der Waals surface area contributed by atoms with E-state index in [2.05, 4.69) is 0 Å². The van der Waals surface area contributed by atoms with Gasteiger partial charge in [-0.2, -0.15) is 0 Å². The van der Waals surface area contributed by atoms with E-state index in [4.69, 9.17) is 4.74 Å². The van der Waals surface area contributed by atoms with Gasteiger partial charge in [0.25, 0.3) is 11.8 Å². The Morgan fingerprint density at radius 2 is 1.67 bits per heavy atom. The summed E-state index contributed by atoms with van der Waals surface area (Å²) in [6, 6.07) is 7.04. The Bertz CT molecular complexity index is 618. The number of imide groups is 1. The van der Waals surface area contributed by atoms with Gasteiger partial charge in [-0.3, -0.25) is 14.5 Å². The van der Waals surface area contributed by atoms with Crippen molar-refractivity contribution in [3.8, 4) is 0 Å². The van der Waals surface area contributed by atoms with Crippen molar-refractivity contribution < 1.29 is 19.1 Å². The minimum absolute atomic E-state index is 0.126. The van der Waals surface area contributed by atoms with Crippen LogP contribution in [-0.2, 0) is 4.74 Å². The van der Waals surface area contributed by atoms with E-state index in [9.17, 15) is 14.4 Å². The molecule has 1 atom stereocenters. The molecule has 3 amide bonds. The first-order valence-corrected chi connectivity index (χ1v) is 7.07. The van der Waals surface area contributed by atoms with Crippen molar-refractivity contribution >= 4 is 17.9 Å². The first kappa shape index (κ1) is 12.4. The van der Waals surface area contributed by atoms with Gasteiger partial charge >= 0.3 is 6.09 Å². The molecule has 1 saturated carbocycles. The molecule has 6 nitrogen and oxygen atoms in total. The predicted octanol–water partition coefficient (Wildman–Crippen LogP) is 1.27. The molecule has 4 rings (SSSR count). The van der Waals surface area contributed by atoms with E-state index in [1.807, 2.05) is 0 Å². The van der Waals surface area contributed by atoms with Crippen LogP contribution in [0, 0.1) is 0 Å². The van der Waals surface area contributed by atoms with Crippen molar-refractivity contribution in [2.75, 3.05) is 13.1 Å². The van der Waals surface area contributed by atoms with Gasteiger partial charge in [-0.05, 0) is 25.0 Å². The first-order valence-electron chi connectivity index (χ1n) is 7.07. The van der Waals surface area contributed by atoms with Crippen molar-refractivity contribution in [1.29, 1.82) is 0 Å². The number of benzene rings is 1. The lowest BCUT2D eigenvalue weighted by Crippen LogP contribution is -2.38. The second-order valence-corrected chi connectivity index (χ2v) is 5.66. The molecule has 1 unspecified atom stereocenters. The van der Waals surface area contributed by atoms with Gasteiger partial charge in [0.05, 0.1) is 24.2 Å². The van der Waals surface area contributed by atoms with Crippen LogP contribution in [0.4, 0.5) is 4.79 Å². The van der Waals surface area contributed by atoms with Crippen LogP contribution in [0.3, 0.4) is 0 Å². The zero-order chi connectivity index (χ0) is 14.6. The number of ether oxygens (including phenoxy) is 1. The van der Waals surface area contributed by atoms with Gasteiger partial charge in [0, 0.05) is 6.04 Å². The van der Waals surface area contributed by atoms with Crippen LogP contribution < -0.4 is 0 Å². The zero-order valence-electron chi connectivity index (χ0n) is 11.3. The van der Waals surface area contributed by atoms with Crippen LogP contribution in [0.5, 0.6) is 0 Å². The van der Waals surface area contributed by atoms with Gasteiger partial charge in [0.2, 0.25) is 0 Å². The SMILES string of the molecule is O=C1c2ccccc2C(=O)N1CC1CN(C2CC2)C(=O)O1. The summed E-state index contributed by atoms with van der Waals surface area (Å²) in [6.45, 7) is 0.582. The van der Waals surface area contributed by atoms with Crippen molar-refractivity contribution in [1.82, 2.24) is 9.80 Å². The number of cyclic esters (lactones) is 1. The van der Waals surface area contributed by atoms with E-state index in [0.29, 0.717) is 17.7 Å². The van der Waals surface area contributed by atoms with Crippen molar-refractivity contribution in [2.45, 2.75) is 25.0 Å². The Balaban J connectivity index is 1.50. The van der Waals surface area contributed by atoms with E-state index in [1.54, 1.807) is 29.2 Å². The van der Waals surface area contributed by atoms with E-state index in [-0.39, 0.29) is 30.5 Å². The number of rotatable bonds is 3. The molecule has 108 valence electrons. The Hall–Kier alpha value is -2.37. The van der Waals surface area contributed by atoms with E-state index in [1.165, 1.54) is 4.90 Å². The highest BCUT2D eigenvalue weighted by molar-refractivity contribution is 6.21. The summed E-state index contributed by atoms with van der Waals surface area (Å²) in [7, 11) is 0. The standard InChI is InChI=1S/C15H14N2O4/c18-13-11-3-1-2-4-12(11)14(19)17(13)8-10-7-16(9-5-6-9)15(20)21-10/h1-4,9-10H,5-8H2. The van der Waals surface area contributed by atoms with Gasteiger partial charge in [-0.1, -0.05) is 12.1 Å². The zero-order valence-corrected chi connectivity index (χ0v) is 11.3. The molecule has 0 bridgehead atoms. The lowest BCUT2D eigenvalue weighted by atomic mass is 10.1. The molecule has 2 fully saturated rings. The average Bonchev–Trinajstić information content (AvgIpc) is 3.22. The number of nitrogens with zero attached hydrogens (tertiary/aromatic N) is 2. The minimum atomic E-state index is -0.430. The molecule has 0 aromatic heterocycles. The van der Waals surface area contributed by atoms with Crippen LogP contribution >= 0.6 is 0 Å². The normalized spacial score (nSPS) is 24.6. The lowest BCUT2D eigenvalue weighted by molar-refractivity contribution is 0.0558. The third-order valence-electron chi connectivity index (χ3n) is 4.15. The summed E-state index contributed by atoms with van der Waals surface area (Å²) in [5.74, 6) is -0.618. The van der Waals surface area contributed by atoms with Crippen LogP contribution in [0.2, 0.25) is 0 Å².